The molecule has 1 N–H and O–H groups in total. The Morgan fingerprint density at radius 1 is 1.13 bits per heavy atom. The molecule has 1 aromatic carbocycles. The number of ether oxygens (including phenoxy) is 2. The summed E-state index contributed by atoms with van der Waals surface area (Å²) in [6.07, 6.45) is 2.04. The lowest BCUT2D eigenvalue weighted by Crippen LogP contribution is -2.46. The fourth-order valence-corrected chi connectivity index (χ4v) is 2.67. The Kier molecular flexibility index (Phi) is 5.84. The van der Waals surface area contributed by atoms with Crippen LogP contribution in [-0.2, 0) is 4.79 Å². The Balaban J connectivity index is 2.01. The van der Waals surface area contributed by atoms with E-state index < -0.39 is 0 Å². The van der Waals surface area contributed by atoms with Crippen LogP contribution in [0.2, 0.25) is 0 Å². The number of hydrogen-bond donors (Lipinski definition) is 1. The average molecular weight is 320 g/mol. The van der Waals surface area contributed by atoms with Gasteiger partial charge >= 0.3 is 0 Å². The molecule has 1 fully saturated rings. The largest absolute Gasteiger partial charge is 0.497 e. The zero-order chi connectivity index (χ0) is 16.8. The van der Waals surface area contributed by atoms with Crippen molar-refractivity contribution in [3.63, 3.8) is 0 Å². The number of hydrogen-bond acceptors (Lipinski definition) is 4. The van der Waals surface area contributed by atoms with Gasteiger partial charge in [0.2, 0.25) is 5.91 Å². The van der Waals surface area contributed by atoms with E-state index in [0.717, 1.165) is 12.8 Å². The molecule has 0 aromatic heterocycles. The van der Waals surface area contributed by atoms with Gasteiger partial charge in [0.1, 0.15) is 11.5 Å². The summed E-state index contributed by atoms with van der Waals surface area (Å²) >= 11 is 0. The maximum atomic E-state index is 12.6. The molecule has 1 aliphatic rings. The van der Waals surface area contributed by atoms with Gasteiger partial charge in [-0.3, -0.25) is 9.59 Å². The first-order chi connectivity index (χ1) is 11.1. The molecule has 0 unspecified atom stereocenters. The molecular weight excluding hydrogens is 296 g/mol. The molecule has 23 heavy (non-hydrogen) atoms. The van der Waals surface area contributed by atoms with E-state index in [2.05, 4.69) is 5.32 Å². The van der Waals surface area contributed by atoms with Crippen molar-refractivity contribution in [3.05, 3.63) is 23.8 Å². The summed E-state index contributed by atoms with van der Waals surface area (Å²) in [4.78, 5) is 25.9. The fourth-order valence-electron chi connectivity index (χ4n) is 2.67. The van der Waals surface area contributed by atoms with Gasteiger partial charge in [0.15, 0.2) is 0 Å². The molecule has 6 nitrogen and oxygen atoms in total. The molecule has 2 rings (SSSR count). The quantitative estimate of drug-likeness (QED) is 0.899. The first kappa shape index (κ1) is 17.1. The highest BCUT2D eigenvalue weighted by molar-refractivity contribution is 5.95. The number of rotatable bonds is 5. The van der Waals surface area contributed by atoms with Crippen LogP contribution < -0.4 is 14.8 Å². The second-order valence-electron chi connectivity index (χ2n) is 5.59. The topological polar surface area (TPSA) is 67.9 Å². The van der Waals surface area contributed by atoms with Crippen LogP contribution in [0, 0.1) is 0 Å². The van der Waals surface area contributed by atoms with Crippen LogP contribution in [0.15, 0.2) is 18.2 Å². The second kappa shape index (κ2) is 7.85. The monoisotopic (exact) mass is 320 g/mol. The van der Waals surface area contributed by atoms with Crippen molar-refractivity contribution in [3.8, 4) is 11.5 Å². The van der Waals surface area contributed by atoms with E-state index in [1.165, 1.54) is 0 Å². The number of piperidine rings is 1. The molecule has 0 radical (unpaired) electrons. The normalized spacial score (nSPS) is 15.2. The van der Waals surface area contributed by atoms with Crippen LogP contribution in [0.1, 0.15) is 36.5 Å². The smallest absolute Gasteiger partial charge is 0.254 e. The van der Waals surface area contributed by atoms with Crippen LogP contribution in [0.3, 0.4) is 0 Å². The predicted octanol–water partition coefficient (Wildman–Crippen LogP) is 1.83. The molecule has 1 aliphatic heterocycles. The number of carbonyl (C=O) groups is 2. The van der Waals surface area contributed by atoms with Gasteiger partial charge in [-0.15, -0.1) is 0 Å². The Morgan fingerprint density at radius 2 is 1.70 bits per heavy atom. The summed E-state index contributed by atoms with van der Waals surface area (Å²) in [7, 11) is 3.12. The number of methoxy groups -OCH3 is 2. The fraction of sp³-hybridized carbons (Fsp3) is 0.529. The molecule has 0 bridgehead atoms. The lowest BCUT2D eigenvalue weighted by Gasteiger charge is -2.32. The average Bonchev–Trinajstić information content (AvgIpc) is 2.61. The van der Waals surface area contributed by atoms with Gasteiger partial charge in [-0.1, -0.05) is 6.92 Å². The third kappa shape index (κ3) is 4.37. The van der Waals surface area contributed by atoms with Gasteiger partial charge in [-0.2, -0.15) is 0 Å². The van der Waals surface area contributed by atoms with Crippen LogP contribution in [0.5, 0.6) is 11.5 Å². The van der Waals surface area contributed by atoms with Crippen LogP contribution in [-0.4, -0.2) is 50.1 Å². The minimum Gasteiger partial charge on any atom is -0.497 e. The summed E-state index contributed by atoms with van der Waals surface area (Å²) in [5, 5.41) is 2.99. The number of nitrogens with zero attached hydrogens (tertiary/aromatic N) is 1. The van der Waals surface area contributed by atoms with Gasteiger partial charge in [-0.05, 0) is 25.0 Å². The summed E-state index contributed by atoms with van der Waals surface area (Å²) in [5.41, 5.74) is 0.553. The molecular formula is C17H24N2O4. The van der Waals surface area contributed by atoms with Crippen LogP contribution in [0.25, 0.3) is 0 Å². The highest BCUT2D eigenvalue weighted by atomic mass is 16.5. The highest BCUT2D eigenvalue weighted by Crippen LogP contribution is 2.24. The lowest BCUT2D eigenvalue weighted by molar-refractivity contribution is -0.121. The number of benzene rings is 1. The van der Waals surface area contributed by atoms with Crippen molar-refractivity contribution in [2.45, 2.75) is 32.2 Å². The van der Waals surface area contributed by atoms with Crippen molar-refractivity contribution < 1.29 is 19.1 Å². The third-order valence-corrected chi connectivity index (χ3v) is 4.07. The Hall–Kier alpha value is -2.24. The van der Waals surface area contributed by atoms with Crippen LogP contribution in [0.4, 0.5) is 0 Å². The number of likely N-dealkylation sites (tertiary alicyclic amines) is 1. The molecule has 2 amide bonds. The molecule has 1 heterocycles. The minimum atomic E-state index is -0.0394. The molecule has 1 aromatic rings. The van der Waals surface area contributed by atoms with Gasteiger partial charge in [0, 0.05) is 37.2 Å². The van der Waals surface area contributed by atoms with E-state index in [9.17, 15) is 9.59 Å². The van der Waals surface area contributed by atoms with E-state index in [1.54, 1.807) is 32.4 Å². The van der Waals surface area contributed by atoms with Gasteiger partial charge in [0.05, 0.1) is 14.2 Å². The van der Waals surface area contributed by atoms with Crippen molar-refractivity contribution in [2.75, 3.05) is 27.3 Å². The standard InChI is InChI=1S/C17H24N2O4/c1-4-16(20)18-13-5-7-19(8-6-13)17(21)12-9-14(22-2)11-15(10-12)23-3/h9-11,13H,4-8H2,1-3H3,(H,18,20). The maximum absolute atomic E-state index is 12.6. The number of carbonyl (C=O) groups excluding carboxylic acids is 2. The number of amides is 2. The molecule has 0 aliphatic carbocycles. The van der Waals surface area contributed by atoms with E-state index in [4.69, 9.17) is 9.47 Å². The first-order valence-corrected chi connectivity index (χ1v) is 7.89. The first-order valence-electron chi connectivity index (χ1n) is 7.89. The minimum absolute atomic E-state index is 0.0394. The molecule has 0 spiro atoms. The van der Waals surface area contributed by atoms with E-state index >= 15 is 0 Å². The van der Waals surface area contributed by atoms with Crippen molar-refractivity contribution in [2.24, 2.45) is 0 Å². The SMILES string of the molecule is CCC(=O)NC1CCN(C(=O)c2cc(OC)cc(OC)c2)CC1. The summed E-state index contributed by atoms with van der Waals surface area (Å²) in [6, 6.07) is 5.33. The zero-order valence-electron chi connectivity index (χ0n) is 13.9. The van der Waals surface area contributed by atoms with Gasteiger partial charge in [-0.25, -0.2) is 0 Å². The molecule has 1 saturated heterocycles. The predicted molar refractivity (Wildman–Crippen MR) is 86.9 cm³/mol. The van der Waals surface area contributed by atoms with Crippen LogP contribution >= 0.6 is 0 Å². The van der Waals surface area contributed by atoms with Gasteiger partial charge < -0.3 is 19.7 Å². The van der Waals surface area contributed by atoms with E-state index in [0.29, 0.717) is 36.6 Å². The molecule has 0 atom stereocenters. The van der Waals surface area contributed by atoms with Gasteiger partial charge in [0.25, 0.3) is 5.91 Å². The second-order valence-corrected chi connectivity index (χ2v) is 5.59. The maximum Gasteiger partial charge on any atom is 0.254 e. The summed E-state index contributed by atoms with van der Waals surface area (Å²) in [6.45, 7) is 3.10. The number of nitrogens with one attached hydrogen (secondary N) is 1. The Bertz CT molecular complexity index is 543. The molecule has 126 valence electrons. The molecule has 0 saturated carbocycles. The zero-order valence-corrected chi connectivity index (χ0v) is 13.9. The third-order valence-electron chi connectivity index (χ3n) is 4.07. The summed E-state index contributed by atoms with van der Waals surface area (Å²) in [5.74, 6) is 1.21. The van der Waals surface area contributed by atoms with Crippen molar-refractivity contribution in [1.82, 2.24) is 10.2 Å². The molecule has 6 heteroatoms. The van der Waals surface area contributed by atoms with Crippen molar-refractivity contribution in [1.29, 1.82) is 0 Å². The highest BCUT2D eigenvalue weighted by Gasteiger charge is 2.25. The Morgan fingerprint density at radius 3 is 2.17 bits per heavy atom. The van der Waals surface area contributed by atoms with E-state index in [-0.39, 0.29) is 17.9 Å². The summed E-state index contributed by atoms with van der Waals surface area (Å²) < 4.78 is 10.4. The Labute approximate surface area is 136 Å². The van der Waals surface area contributed by atoms with Crippen molar-refractivity contribution >= 4 is 11.8 Å². The van der Waals surface area contributed by atoms with E-state index in [1.807, 2.05) is 11.8 Å². The lowest BCUT2D eigenvalue weighted by atomic mass is 10.0.